The molecular weight excluding hydrogens is 329 g/mol. The fourth-order valence-corrected chi connectivity index (χ4v) is 3.76. The van der Waals surface area contributed by atoms with Gasteiger partial charge in [0.05, 0.1) is 6.16 Å². The lowest BCUT2D eigenvalue weighted by atomic mass is 9.94. The van der Waals surface area contributed by atoms with Crippen LogP contribution in [0.15, 0.2) is 24.8 Å². The van der Waals surface area contributed by atoms with E-state index in [1.54, 1.807) is 12.5 Å². The van der Waals surface area contributed by atoms with Crippen molar-refractivity contribution in [3.8, 4) is 5.82 Å². The van der Waals surface area contributed by atoms with Crippen LogP contribution in [0.1, 0.15) is 25.1 Å². The molecule has 0 saturated carbocycles. The molecule has 0 spiro atoms. The second-order valence-electron chi connectivity index (χ2n) is 6.19. The van der Waals surface area contributed by atoms with Crippen LogP contribution in [0, 0.1) is 12.8 Å². The molecule has 2 aromatic rings. The second kappa shape index (κ2) is 7.01. The van der Waals surface area contributed by atoms with Gasteiger partial charge >= 0.3 is 7.60 Å². The van der Waals surface area contributed by atoms with E-state index < -0.39 is 7.60 Å². The van der Waals surface area contributed by atoms with E-state index in [4.69, 9.17) is 9.79 Å². The van der Waals surface area contributed by atoms with Crippen LogP contribution in [0.3, 0.4) is 0 Å². The molecule has 1 aliphatic heterocycles. The highest BCUT2D eigenvalue weighted by Gasteiger charge is 2.23. The van der Waals surface area contributed by atoms with Crippen LogP contribution in [-0.2, 0) is 4.57 Å². The van der Waals surface area contributed by atoms with Gasteiger partial charge in [0.2, 0.25) is 0 Å². The quantitative estimate of drug-likeness (QED) is 0.791. The van der Waals surface area contributed by atoms with Gasteiger partial charge in [0, 0.05) is 31.5 Å². The molecule has 8 nitrogen and oxygen atoms in total. The summed E-state index contributed by atoms with van der Waals surface area (Å²) in [5, 5.41) is 0. The van der Waals surface area contributed by atoms with Gasteiger partial charge < -0.3 is 14.7 Å². The van der Waals surface area contributed by atoms with Crippen LogP contribution >= 0.6 is 7.60 Å². The molecule has 0 bridgehead atoms. The first-order chi connectivity index (χ1) is 11.4. The van der Waals surface area contributed by atoms with E-state index >= 15 is 0 Å². The molecule has 0 radical (unpaired) electrons. The summed E-state index contributed by atoms with van der Waals surface area (Å²) in [6, 6.07) is 1.95. The maximum Gasteiger partial charge on any atom is 0.325 e. The first kappa shape index (κ1) is 17.1. The molecule has 0 atom stereocenters. The molecule has 9 heteroatoms. The molecule has 0 aliphatic carbocycles. The Morgan fingerprint density at radius 1 is 1.21 bits per heavy atom. The lowest BCUT2D eigenvalue weighted by molar-refractivity contribution is 0.350. The van der Waals surface area contributed by atoms with Crippen LogP contribution in [0.4, 0.5) is 5.82 Å². The van der Waals surface area contributed by atoms with Crippen LogP contribution < -0.4 is 4.90 Å². The molecule has 0 amide bonds. The van der Waals surface area contributed by atoms with Gasteiger partial charge in [-0.05, 0) is 32.1 Å². The monoisotopic (exact) mass is 351 g/mol. The van der Waals surface area contributed by atoms with Crippen molar-refractivity contribution in [1.29, 1.82) is 0 Å². The molecule has 24 heavy (non-hydrogen) atoms. The number of aromatic nitrogens is 4. The molecule has 0 aromatic carbocycles. The Kier molecular flexibility index (Phi) is 4.99. The van der Waals surface area contributed by atoms with Crippen LogP contribution in [0.5, 0.6) is 0 Å². The van der Waals surface area contributed by atoms with Gasteiger partial charge in [-0.1, -0.05) is 0 Å². The molecule has 2 aromatic heterocycles. The third-order valence-electron chi connectivity index (χ3n) is 4.48. The zero-order valence-electron chi connectivity index (χ0n) is 13.6. The minimum absolute atomic E-state index is 0.0186. The summed E-state index contributed by atoms with van der Waals surface area (Å²) in [6.45, 7) is 3.60. The van der Waals surface area contributed by atoms with E-state index in [9.17, 15) is 4.57 Å². The molecular formula is C15H22N5O3P. The number of anilines is 1. The van der Waals surface area contributed by atoms with Gasteiger partial charge in [0.1, 0.15) is 23.8 Å². The largest absolute Gasteiger partial charge is 0.356 e. The maximum absolute atomic E-state index is 11.0. The third kappa shape index (κ3) is 4.20. The Hall–Kier alpha value is -1.76. The summed E-state index contributed by atoms with van der Waals surface area (Å²) in [7, 11) is -3.89. The lowest BCUT2D eigenvalue weighted by Gasteiger charge is -2.32. The number of nitrogens with zero attached hydrogens (tertiary/aromatic N) is 5. The molecule has 130 valence electrons. The number of hydrogen-bond acceptors (Lipinski definition) is 5. The van der Waals surface area contributed by atoms with Gasteiger partial charge in [-0.25, -0.2) is 15.0 Å². The molecule has 1 saturated heterocycles. The minimum Gasteiger partial charge on any atom is -0.356 e. The van der Waals surface area contributed by atoms with Crippen LogP contribution in [0.25, 0.3) is 5.82 Å². The van der Waals surface area contributed by atoms with Crippen molar-refractivity contribution < 1.29 is 14.4 Å². The van der Waals surface area contributed by atoms with Crippen LogP contribution in [0.2, 0.25) is 0 Å². The number of imidazole rings is 1. The summed E-state index contributed by atoms with van der Waals surface area (Å²) in [5.41, 5.74) is 0. The number of piperidine rings is 1. The Morgan fingerprint density at radius 2 is 1.92 bits per heavy atom. The van der Waals surface area contributed by atoms with Crippen molar-refractivity contribution in [2.75, 3.05) is 24.2 Å². The number of aryl methyl sites for hydroxylation is 1. The van der Waals surface area contributed by atoms with Crippen LogP contribution in [-0.4, -0.2) is 48.6 Å². The van der Waals surface area contributed by atoms with Gasteiger partial charge in [-0.3, -0.25) is 9.13 Å². The van der Waals surface area contributed by atoms with E-state index in [2.05, 4.69) is 19.9 Å². The Bertz CT molecular complexity index is 736. The molecule has 1 aliphatic rings. The smallest absolute Gasteiger partial charge is 0.325 e. The number of rotatable bonds is 5. The second-order valence-corrected chi connectivity index (χ2v) is 7.96. The molecule has 3 heterocycles. The standard InChI is InChI=1S/C15H22N5O3P/c1-12-16-5-8-20(12)15-10-14(17-11-18-15)19-6-2-13(3-7-19)4-9-24(21,22)23/h5,8,10-11,13H,2-4,6-7,9H2,1H3,(H2,21,22,23). The van der Waals surface area contributed by atoms with Crippen molar-refractivity contribution in [1.82, 2.24) is 19.5 Å². The van der Waals surface area contributed by atoms with E-state index in [0.29, 0.717) is 12.3 Å². The molecule has 2 N–H and O–H groups in total. The predicted molar refractivity (Wildman–Crippen MR) is 90.4 cm³/mol. The van der Waals surface area contributed by atoms with Gasteiger partial charge in [-0.2, -0.15) is 0 Å². The Balaban J connectivity index is 1.63. The lowest BCUT2D eigenvalue weighted by Crippen LogP contribution is -2.34. The SMILES string of the molecule is Cc1nccn1-c1cc(N2CCC(CCP(=O)(O)O)CC2)ncn1. The van der Waals surface area contributed by atoms with Gasteiger partial charge in [-0.15, -0.1) is 0 Å². The molecule has 0 unspecified atom stereocenters. The third-order valence-corrected chi connectivity index (χ3v) is 5.32. The normalized spacial score (nSPS) is 16.5. The fraction of sp³-hybridized carbons (Fsp3) is 0.533. The topological polar surface area (TPSA) is 104 Å². The summed E-state index contributed by atoms with van der Waals surface area (Å²) >= 11 is 0. The van der Waals surface area contributed by atoms with E-state index in [1.807, 2.05) is 23.8 Å². The summed E-state index contributed by atoms with van der Waals surface area (Å²) in [5.74, 6) is 2.90. The zero-order chi connectivity index (χ0) is 17.2. The first-order valence-corrected chi connectivity index (χ1v) is 9.84. The highest BCUT2D eigenvalue weighted by molar-refractivity contribution is 7.51. The number of hydrogen-bond donors (Lipinski definition) is 2. The summed E-state index contributed by atoms with van der Waals surface area (Å²) in [4.78, 5) is 33.1. The average molecular weight is 351 g/mol. The zero-order valence-corrected chi connectivity index (χ0v) is 14.5. The molecule has 1 fully saturated rings. The maximum atomic E-state index is 11.0. The minimum atomic E-state index is -3.89. The van der Waals surface area contributed by atoms with Crippen molar-refractivity contribution in [3.05, 3.63) is 30.6 Å². The van der Waals surface area contributed by atoms with Crippen molar-refractivity contribution in [2.45, 2.75) is 26.2 Å². The van der Waals surface area contributed by atoms with E-state index in [0.717, 1.165) is 43.4 Å². The fourth-order valence-electron chi connectivity index (χ4n) is 3.06. The summed E-state index contributed by atoms with van der Waals surface area (Å²) in [6.07, 6.45) is 7.58. The van der Waals surface area contributed by atoms with Gasteiger partial charge in [0.25, 0.3) is 0 Å². The van der Waals surface area contributed by atoms with E-state index in [1.165, 1.54) is 0 Å². The first-order valence-electron chi connectivity index (χ1n) is 8.04. The van der Waals surface area contributed by atoms with E-state index in [-0.39, 0.29) is 6.16 Å². The van der Waals surface area contributed by atoms with Crippen molar-refractivity contribution in [3.63, 3.8) is 0 Å². The Labute approximate surface area is 140 Å². The highest BCUT2D eigenvalue weighted by Crippen LogP contribution is 2.37. The van der Waals surface area contributed by atoms with Gasteiger partial charge in [0.15, 0.2) is 0 Å². The van der Waals surface area contributed by atoms with Crippen molar-refractivity contribution in [2.24, 2.45) is 5.92 Å². The predicted octanol–water partition coefficient (Wildman–Crippen LogP) is 1.75. The average Bonchev–Trinajstić information content (AvgIpc) is 2.99. The van der Waals surface area contributed by atoms with Crippen molar-refractivity contribution >= 4 is 13.4 Å². The summed E-state index contributed by atoms with van der Waals surface area (Å²) < 4.78 is 12.9. The Morgan fingerprint density at radius 3 is 2.54 bits per heavy atom. The molecule has 3 rings (SSSR count). The highest BCUT2D eigenvalue weighted by atomic mass is 31.2.